The predicted molar refractivity (Wildman–Crippen MR) is 137 cm³/mol. The SMILES string of the molecule is COC(=O)c1ccc(NC(=O)c2csc(C3CCN(C(=O)c4cc5ccccc5o4)CC3)n2)c(C)c1. The summed E-state index contributed by atoms with van der Waals surface area (Å²) in [5, 5.41) is 6.44. The zero-order valence-electron chi connectivity index (χ0n) is 19.9. The predicted octanol–water partition coefficient (Wildman–Crippen LogP) is 5.26. The van der Waals surface area contributed by atoms with Crippen molar-refractivity contribution in [3.63, 3.8) is 0 Å². The monoisotopic (exact) mass is 503 g/mol. The van der Waals surface area contributed by atoms with Crippen LogP contribution in [0, 0.1) is 6.92 Å². The van der Waals surface area contributed by atoms with Crippen LogP contribution < -0.4 is 5.32 Å². The van der Waals surface area contributed by atoms with E-state index in [4.69, 9.17) is 9.15 Å². The number of rotatable bonds is 5. The fourth-order valence-electron chi connectivity index (χ4n) is 4.39. The molecule has 5 rings (SSSR count). The first-order valence-corrected chi connectivity index (χ1v) is 12.5. The number of nitrogens with one attached hydrogen (secondary N) is 1. The van der Waals surface area contributed by atoms with Crippen LogP contribution in [0.4, 0.5) is 5.69 Å². The van der Waals surface area contributed by atoms with Crippen LogP contribution in [0.3, 0.4) is 0 Å². The second-order valence-corrected chi connectivity index (χ2v) is 9.65. The van der Waals surface area contributed by atoms with Crippen LogP contribution >= 0.6 is 11.3 Å². The van der Waals surface area contributed by atoms with Crippen molar-refractivity contribution in [1.29, 1.82) is 0 Å². The van der Waals surface area contributed by atoms with Crippen molar-refractivity contribution in [3.8, 4) is 0 Å². The lowest BCUT2D eigenvalue weighted by molar-refractivity contribution is 0.0600. The topological polar surface area (TPSA) is 102 Å². The van der Waals surface area contributed by atoms with Gasteiger partial charge in [0.05, 0.1) is 17.7 Å². The Labute approximate surface area is 211 Å². The van der Waals surface area contributed by atoms with E-state index < -0.39 is 5.97 Å². The molecule has 2 aromatic heterocycles. The van der Waals surface area contributed by atoms with Gasteiger partial charge < -0.3 is 19.4 Å². The number of carbonyl (C=O) groups excluding carboxylic acids is 3. The highest BCUT2D eigenvalue weighted by Crippen LogP contribution is 2.32. The largest absolute Gasteiger partial charge is 0.465 e. The normalized spacial score (nSPS) is 14.1. The molecular formula is C27H25N3O5S. The number of aromatic nitrogens is 1. The molecule has 1 N–H and O–H groups in total. The number of para-hydroxylation sites is 1. The lowest BCUT2D eigenvalue weighted by Gasteiger charge is -2.30. The number of benzene rings is 2. The van der Waals surface area contributed by atoms with Gasteiger partial charge in [-0.2, -0.15) is 0 Å². The second-order valence-electron chi connectivity index (χ2n) is 8.76. The molecule has 184 valence electrons. The van der Waals surface area contributed by atoms with Gasteiger partial charge in [0.15, 0.2) is 5.76 Å². The second kappa shape index (κ2) is 9.94. The zero-order valence-corrected chi connectivity index (χ0v) is 20.8. The Kier molecular flexibility index (Phi) is 6.56. The smallest absolute Gasteiger partial charge is 0.337 e. The van der Waals surface area contributed by atoms with Crippen LogP contribution in [-0.4, -0.2) is 47.9 Å². The summed E-state index contributed by atoms with van der Waals surface area (Å²) >= 11 is 1.46. The van der Waals surface area contributed by atoms with E-state index in [1.165, 1.54) is 18.4 Å². The molecule has 0 unspecified atom stereocenters. The van der Waals surface area contributed by atoms with Gasteiger partial charge in [-0.3, -0.25) is 9.59 Å². The molecule has 0 bridgehead atoms. The molecule has 0 atom stereocenters. The lowest BCUT2D eigenvalue weighted by atomic mass is 9.97. The Balaban J connectivity index is 1.19. The molecule has 36 heavy (non-hydrogen) atoms. The molecule has 4 aromatic rings. The first-order chi connectivity index (χ1) is 17.4. The number of furan rings is 1. The molecule has 9 heteroatoms. The summed E-state index contributed by atoms with van der Waals surface area (Å²) in [5.74, 6) is -0.276. The third kappa shape index (κ3) is 4.74. The van der Waals surface area contributed by atoms with Crippen LogP contribution in [0.25, 0.3) is 11.0 Å². The van der Waals surface area contributed by atoms with Gasteiger partial charge >= 0.3 is 5.97 Å². The molecule has 0 saturated carbocycles. The fraction of sp³-hybridized carbons (Fsp3) is 0.259. The Morgan fingerprint density at radius 2 is 1.89 bits per heavy atom. The lowest BCUT2D eigenvalue weighted by Crippen LogP contribution is -2.37. The van der Waals surface area contributed by atoms with Crippen molar-refractivity contribution in [1.82, 2.24) is 9.88 Å². The number of piperidine rings is 1. The Bertz CT molecular complexity index is 1420. The van der Waals surface area contributed by atoms with E-state index in [9.17, 15) is 14.4 Å². The van der Waals surface area contributed by atoms with Crippen molar-refractivity contribution in [3.05, 3.63) is 81.5 Å². The minimum atomic E-state index is -0.426. The maximum Gasteiger partial charge on any atom is 0.337 e. The highest BCUT2D eigenvalue weighted by molar-refractivity contribution is 7.10. The number of nitrogens with zero attached hydrogens (tertiary/aromatic N) is 2. The Hall–Kier alpha value is -3.98. The molecule has 0 radical (unpaired) electrons. The van der Waals surface area contributed by atoms with E-state index in [0.717, 1.165) is 28.8 Å². The third-order valence-electron chi connectivity index (χ3n) is 6.42. The van der Waals surface area contributed by atoms with Crippen LogP contribution in [0.2, 0.25) is 0 Å². The van der Waals surface area contributed by atoms with Gasteiger partial charge in [-0.15, -0.1) is 11.3 Å². The molecular weight excluding hydrogens is 478 g/mol. The molecule has 3 heterocycles. The van der Waals surface area contributed by atoms with E-state index in [1.54, 1.807) is 29.6 Å². The molecule has 8 nitrogen and oxygen atoms in total. The van der Waals surface area contributed by atoms with Crippen molar-refractivity contribution < 1.29 is 23.5 Å². The molecule has 0 spiro atoms. The van der Waals surface area contributed by atoms with Crippen LogP contribution in [0.15, 0.2) is 58.3 Å². The molecule has 1 fully saturated rings. The van der Waals surface area contributed by atoms with Gasteiger partial charge in [0.1, 0.15) is 11.3 Å². The number of hydrogen-bond acceptors (Lipinski definition) is 7. The number of esters is 1. The maximum atomic E-state index is 12.9. The number of thiazole rings is 1. The van der Waals surface area contributed by atoms with Gasteiger partial charge in [0.25, 0.3) is 11.8 Å². The minimum absolute atomic E-state index is 0.0996. The van der Waals surface area contributed by atoms with Gasteiger partial charge in [0.2, 0.25) is 0 Å². The fourth-order valence-corrected chi connectivity index (χ4v) is 5.36. The van der Waals surface area contributed by atoms with Crippen molar-refractivity contribution in [2.45, 2.75) is 25.7 Å². The summed E-state index contributed by atoms with van der Waals surface area (Å²) < 4.78 is 10.5. The number of hydrogen-bond donors (Lipinski definition) is 1. The summed E-state index contributed by atoms with van der Waals surface area (Å²) in [6.07, 6.45) is 1.54. The average molecular weight is 504 g/mol. The average Bonchev–Trinajstić information content (AvgIpc) is 3.57. The third-order valence-corrected chi connectivity index (χ3v) is 7.43. The van der Waals surface area contributed by atoms with Crippen LogP contribution in [-0.2, 0) is 4.74 Å². The first kappa shape index (κ1) is 23.7. The summed E-state index contributed by atoms with van der Waals surface area (Å²) in [5.41, 5.74) is 2.85. The van der Waals surface area contributed by atoms with Gasteiger partial charge in [-0.05, 0) is 55.7 Å². The highest BCUT2D eigenvalue weighted by Gasteiger charge is 2.28. The van der Waals surface area contributed by atoms with E-state index in [1.807, 2.05) is 36.1 Å². The van der Waals surface area contributed by atoms with E-state index >= 15 is 0 Å². The molecule has 1 aliphatic rings. The summed E-state index contributed by atoms with van der Waals surface area (Å²) in [4.78, 5) is 43.8. The molecule has 1 aliphatic heterocycles. The van der Waals surface area contributed by atoms with E-state index in [0.29, 0.717) is 41.4 Å². The first-order valence-electron chi connectivity index (χ1n) is 11.7. The maximum absolute atomic E-state index is 12.9. The Morgan fingerprint density at radius 1 is 1.11 bits per heavy atom. The summed E-state index contributed by atoms with van der Waals surface area (Å²) in [6, 6.07) is 14.3. The van der Waals surface area contributed by atoms with Crippen molar-refractivity contribution in [2.24, 2.45) is 0 Å². The molecule has 2 amide bonds. The highest BCUT2D eigenvalue weighted by atomic mass is 32.1. The molecule has 0 aliphatic carbocycles. The van der Waals surface area contributed by atoms with E-state index in [2.05, 4.69) is 10.3 Å². The number of methoxy groups -OCH3 is 1. The Morgan fingerprint density at radius 3 is 2.61 bits per heavy atom. The van der Waals surface area contributed by atoms with Gasteiger partial charge in [-0.25, -0.2) is 9.78 Å². The van der Waals surface area contributed by atoms with Crippen LogP contribution in [0.5, 0.6) is 0 Å². The van der Waals surface area contributed by atoms with Crippen molar-refractivity contribution >= 4 is 45.8 Å². The number of carbonyl (C=O) groups is 3. The standard InChI is InChI=1S/C27H25N3O5S/c1-16-13-19(27(33)34-2)7-8-20(16)28-24(31)21-15-36-25(29-21)17-9-11-30(12-10-17)26(32)23-14-18-5-3-4-6-22(18)35-23/h3-8,13-15,17H,9-12H2,1-2H3,(H,28,31). The summed E-state index contributed by atoms with van der Waals surface area (Å²) in [7, 11) is 1.33. The van der Waals surface area contributed by atoms with Crippen molar-refractivity contribution in [2.75, 3.05) is 25.5 Å². The molecule has 1 saturated heterocycles. The number of likely N-dealkylation sites (tertiary alicyclic amines) is 1. The summed E-state index contributed by atoms with van der Waals surface area (Å²) in [6.45, 7) is 3.02. The molecule has 2 aromatic carbocycles. The van der Waals surface area contributed by atoms with Gasteiger partial charge in [-0.1, -0.05) is 18.2 Å². The number of aryl methyl sites for hydroxylation is 1. The van der Waals surface area contributed by atoms with Gasteiger partial charge in [0, 0.05) is 35.5 Å². The van der Waals surface area contributed by atoms with Crippen LogP contribution in [0.1, 0.15) is 60.7 Å². The number of amides is 2. The number of ether oxygens (including phenoxy) is 1. The number of anilines is 1. The zero-order chi connectivity index (χ0) is 25.2. The number of fused-ring (bicyclic) bond motifs is 1. The van der Waals surface area contributed by atoms with E-state index in [-0.39, 0.29) is 17.7 Å². The quantitative estimate of drug-likeness (QED) is 0.373. The minimum Gasteiger partial charge on any atom is -0.465 e.